The zero-order chi connectivity index (χ0) is 19.8. The van der Waals surface area contributed by atoms with Crippen LogP contribution in [0, 0.1) is 0 Å². The van der Waals surface area contributed by atoms with E-state index in [1.165, 1.54) is 32.4 Å². The number of carbonyl (C=O) groups is 1. The summed E-state index contributed by atoms with van der Waals surface area (Å²) in [6, 6.07) is 9.91. The van der Waals surface area contributed by atoms with Crippen molar-refractivity contribution in [1.82, 2.24) is 4.31 Å². The van der Waals surface area contributed by atoms with Gasteiger partial charge in [0.2, 0.25) is 15.9 Å². The Balaban J connectivity index is 1.78. The first-order valence-corrected chi connectivity index (χ1v) is 10.7. The molecule has 1 aliphatic heterocycles. The lowest BCUT2D eigenvalue weighted by Crippen LogP contribution is -2.40. The Hall–Kier alpha value is -1.61. The van der Waals surface area contributed by atoms with E-state index in [9.17, 15) is 13.2 Å². The lowest BCUT2D eigenvalue weighted by Gasteiger charge is -2.22. The number of amides is 1. The molecule has 0 aliphatic carbocycles. The van der Waals surface area contributed by atoms with Crippen LogP contribution in [-0.2, 0) is 21.2 Å². The van der Waals surface area contributed by atoms with Gasteiger partial charge in [0.15, 0.2) is 0 Å². The Morgan fingerprint density at radius 2 is 2.04 bits per heavy atom. The molecular weight excluding hydrogens is 456 g/mol. The molecule has 0 bridgehead atoms. The first kappa shape index (κ1) is 20.1. The average molecular weight is 474 g/mol. The number of halogens is 2. The Morgan fingerprint density at radius 1 is 1.30 bits per heavy atom. The number of anilines is 1. The van der Waals surface area contributed by atoms with E-state index < -0.39 is 10.0 Å². The fourth-order valence-corrected chi connectivity index (χ4v) is 4.86. The molecule has 0 N–H and O–H groups in total. The molecular formula is C18H18BrClN2O4S. The maximum atomic E-state index is 12.8. The van der Waals surface area contributed by atoms with Crippen LogP contribution in [0.2, 0.25) is 5.02 Å². The van der Waals surface area contributed by atoms with Crippen molar-refractivity contribution in [3.05, 3.63) is 51.5 Å². The minimum atomic E-state index is -3.86. The largest absolute Gasteiger partial charge is 0.495 e. The van der Waals surface area contributed by atoms with Gasteiger partial charge in [-0.05, 0) is 48.4 Å². The molecule has 1 heterocycles. The van der Waals surface area contributed by atoms with Crippen molar-refractivity contribution in [2.45, 2.75) is 11.3 Å². The molecule has 144 valence electrons. The molecule has 1 aliphatic rings. The van der Waals surface area contributed by atoms with Crippen LogP contribution in [0.4, 0.5) is 5.69 Å². The number of methoxy groups -OCH3 is 1. The van der Waals surface area contributed by atoms with Gasteiger partial charge in [-0.3, -0.25) is 4.79 Å². The first-order valence-electron chi connectivity index (χ1n) is 8.12. The number of sulfonamides is 1. The highest BCUT2D eigenvalue weighted by atomic mass is 79.9. The first-order chi connectivity index (χ1) is 12.7. The minimum Gasteiger partial charge on any atom is -0.495 e. The number of fused-ring (bicyclic) bond motifs is 1. The second kappa shape index (κ2) is 7.79. The highest BCUT2D eigenvalue weighted by Gasteiger charge is 2.29. The third-order valence-electron chi connectivity index (χ3n) is 4.43. The summed E-state index contributed by atoms with van der Waals surface area (Å²) in [5.74, 6) is 0.107. The van der Waals surface area contributed by atoms with Gasteiger partial charge in [-0.2, -0.15) is 4.31 Å². The predicted octanol–water partition coefficient (Wildman–Crippen LogP) is 3.32. The highest BCUT2D eigenvalue weighted by molar-refractivity contribution is 9.10. The second-order valence-corrected chi connectivity index (χ2v) is 9.49. The number of ether oxygens (including phenoxy) is 1. The summed E-state index contributed by atoms with van der Waals surface area (Å²) in [4.78, 5) is 14.3. The van der Waals surface area contributed by atoms with Crippen molar-refractivity contribution in [2.75, 3.05) is 32.1 Å². The molecule has 0 radical (unpaired) electrons. The van der Waals surface area contributed by atoms with Crippen molar-refractivity contribution in [3.8, 4) is 5.75 Å². The molecule has 3 rings (SSSR count). The van der Waals surface area contributed by atoms with Crippen molar-refractivity contribution in [3.63, 3.8) is 0 Å². The Morgan fingerprint density at radius 3 is 2.70 bits per heavy atom. The fourth-order valence-electron chi connectivity index (χ4n) is 2.98. The number of benzene rings is 2. The van der Waals surface area contributed by atoms with Crippen LogP contribution in [0.15, 0.2) is 45.8 Å². The van der Waals surface area contributed by atoms with E-state index in [1.54, 1.807) is 4.90 Å². The predicted molar refractivity (Wildman–Crippen MR) is 108 cm³/mol. The number of rotatable bonds is 5. The molecule has 0 atom stereocenters. The summed E-state index contributed by atoms with van der Waals surface area (Å²) < 4.78 is 32.6. The molecule has 0 unspecified atom stereocenters. The molecule has 0 fully saturated rings. The molecule has 0 saturated heterocycles. The Labute approximate surface area is 171 Å². The number of hydrogen-bond acceptors (Lipinski definition) is 4. The third-order valence-corrected chi connectivity index (χ3v) is 7.02. The summed E-state index contributed by atoms with van der Waals surface area (Å²) in [6.45, 7) is 0.272. The number of carbonyl (C=O) groups excluding carboxylic acids is 1. The quantitative estimate of drug-likeness (QED) is 0.668. The maximum absolute atomic E-state index is 12.8. The van der Waals surface area contributed by atoms with Crippen molar-refractivity contribution >= 4 is 49.1 Å². The highest BCUT2D eigenvalue weighted by Crippen LogP contribution is 2.31. The molecule has 9 heteroatoms. The molecule has 0 saturated carbocycles. The van der Waals surface area contributed by atoms with E-state index in [0.29, 0.717) is 12.3 Å². The van der Waals surface area contributed by atoms with Gasteiger partial charge >= 0.3 is 0 Å². The molecule has 2 aromatic carbocycles. The molecule has 6 nitrogen and oxygen atoms in total. The van der Waals surface area contributed by atoms with Crippen LogP contribution in [0.1, 0.15) is 5.56 Å². The Kier molecular flexibility index (Phi) is 5.81. The second-order valence-electron chi connectivity index (χ2n) is 6.13. The van der Waals surface area contributed by atoms with Crippen molar-refractivity contribution in [2.24, 2.45) is 0 Å². The topological polar surface area (TPSA) is 66.9 Å². The molecule has 0 spiro atoms. The van der Waals surface area contributed by atoms with E-state index in [4.69, 9.17) is 16.3 Å². The zero-order valence-electron chi connectivity index (χ0n) is 14.8. The average Bonchev–Trinajstić information content (AvgIpc) is 3.04. The van der Waals surface area contributed by atoms with Gasteiger partial charge in [0.1, 0.15) is 5.75 Å². The van der Waals surface area contributed by atoms with E-state index >= 15 is 0 Å². The molecule has 1 amide bonds. The van der Waals surface area contributed by atoms with Crippen LogP contribution >= 0.6 is 27.5 Å². The smallest absolute Gasteiger partial charge is 0.243 e. The van der Waals surface area contributed by atoms with Gasteiger partial charge in [0.25, 0.3) is 0 Å². The minimum absolute atomic E-state index is 0.00866. The van der Waals surface area contributed by atoms with Crippen molar-refractivity contribution < 1.29 is 17.9 Å². The SMILES string of the molecule is COc1ccc(S(=O)(=O)N(C)CC(=O)N2CCc3cc(Br)ccc32)cc1Cl. The van der Waals surface area contributed by atoms with Gasteiger partial charge in [-0.25, -0.2) is 8.42 Å². The van der Waals surface area contributed by atoms with Crippen molar-refractivity contribution in [1.29, 1.82) is 0 Å². The van der Waals surface area contributed by atoms with Crippen LogP contribution in [-0.4, -0.2) is 45.9 Å². The lowest BCUT2D eigenvalue weighted by molar-refractivity contribution is -0.118. The van der Waals surface area contributed by atoms with Gasteiger partial charge in [0, 0.05) is 23.8 Å². The van der Waals surface area contributed by atoms with Gasteiger partial charge in [0.05, 0.1) is 23.6 Å². The summed E-state index contributed by atoms with van der Waals surface area (Å²) >= 11 is 9.45. The van der Waals surface area contributed by atoms with E-state index in [0.717, 1.165) is 26.4 Å². The summed E-state index contributed by atoms with van der Waals surface area (Å²) in [5.41, 5.74) is 1.88. The molecule has 0 aromatic heterocycles. The normalized spacial score (nSPS) is 13.7. The standard InChI is InChI=1S/C18H18BrClN2O4S/c1-21(27(24,25)14-4-6-17(26-2)15(20)10-14)11-18(23)22-8-7-12-9-13(19)3-5-16(12)22/h3-6,9-10H,7-8,11H2,1-2H3. The van der Waals surface area contributed by atoms with E-state index in [1.807, 2.05) is 18.2 Å². The molecule has 27 heavy (non-hydrogen) atoms. The zero-order valence-corrected chi connectivity index (χ0v) is 17.9. The third kappa shape index (κ3) is 3.99. The summed E-state index contributed by atoms with van der Waals surface area (Å²) in [5, 5.41) is 0.192. The number of hydrogen-bond donors (Lipinski definition) is 0. The maximum Gasteiger partial charge on any atom is 0.243 e. The van der Waals surface area contributed by atoms with Crippen LogP contribution in [0.5, 0.6) is 5.75 Å². The van der Waals surface area contributed by atoms with Crippen LogP contribution in [0.3, 0.4) is 0 Å². The van der Waals surface area contributed by atoms with Crippen LogP contribution in [0.25, 0.3) is 0 Å². The van der Waals surface area contributed by atoms with Crippen LogP contribution < -0.4 is 9.64 Å². The van der Waals surface area contributed by atoms with E-state index in [-0.39, 0.29) is 22.4 Å². The molecule has 2 aromatic rings. The lowest BCUT2D eigenvalue weighted by atomic mass is 10.2. The van der Waals surface area contributed by atoms with Gasteiger partial charge in [-0.1, -0.05) is 27.5 Å². The summed E-state index contributed by atoms with van der Waals surface area (Å²) in [7, 11) is -1.03. The monoisotopic (exact) mass is 472 g/mol. The Bertz CT molecular complexity index is 997. The fraction of sp³-hybridized carbons (Fsp3) is 0.278. The number of nitrogens with zero attached hydrogens (tertiary/aromatic N) is 2. The van der Waals surface area contributed by atoms with Gasteiger partial charge < -0.3 is 9.64 Å². The van der Waals surface area contributed by atoms with Gasteiger partial charge in [-0.15, -0.1) is 0 Å². The van der Waals surface area contributed by atoms with E-state index in [2.05, 4.69) is 15.9 Å². The summed E-state index contributed by atoms with van der Waals surface area (Å²) in [6.07, 6.45) is 0.741. The number of likely N-dealkylation sites (N-methyl/N-ethyl adjacent to an activating group) is 1.